The van der Waals surface area contributed by atoms with Gasteiger partial charge in [-0.15, -0.1) is 0 Å². The van der Waals surface area contributed by atoms with E-state index in [0.29, 0.717) is 18.5 Å². The normalized spacial score (nSPS) is 14.4. The molecular weight excluding hydrogens is 230 g/mol. The lowest BCUT2D eigenvalue weighted by Crippen LogP contribution is -2.21. The molecule has 96 valence electrons. The van der Waals surface area contributed by atoms with Crippen molar-refractivity contribution >= 4 is 0 Å². The summed E-state index contributed by atoms with van der Waals surface area (Å²) < 4.78 is 1.66. The number of nitrogens with two attached hydrogens (primary N) is 1. The minimum atomic E-state index is -0.953. The Labute approximate surface area is 105 Å². The van der Waals surface area contributed by atoms with E-state index in [1.807, 2.05) is 30.3 Å². The Hall–Kier alpha value is -1.69. The number of nitrogens with zero attached hydrogens (tertiary/aromatic N) is 2. The smallest absolute Gasteiger partial charge is 0.108 e. The Balaban J connectivity index is 2.15. The van der Waals surface area contributed by atoms with E-state index in [4.69, 9.17) is 5.73 Å². The molecule has 0 aliphatic carbocycles. The molecule has 0 amide bonds. The van der Waals surface area contributed by atoms with Crippen LogP contribution in [0.5, 0.6) is 0 Å². The minimum Gasteiger partial charge on any atom is -0.390 e. The molecule has 2 unspecified atom stereocenters. The SMILES string of the molecule is NCCC(O)C(O)c1cnn(-c2ccccc2)c1. The van der Waals surface area contributed by atoms with E-state index in [0.717, 1.165) is 5.69 Å². The molecule has 5 nitrogen and oxygen atoms in total. The highest BCUT2D eigenvalue weighted by molar-refractivity contribution is 5.31. The summed E-state index contributed by atoms with van der Waals surface area (Å²) in [4.78, 5) is 0. The third-order valence-corrected chi connectivity index (χ3v) is 2.79. The maximum Gasteiger partial charge on any atom is 0.108 e. The van der Waals surface area contributed by atoms with Gasteiger partial charge in [0.2, 0.25) is 0 Å². The van der Waals surface area contributed by atoms with Gasteiger partial charge in [-0.1, -0.05) is 18.2 Å². The van der Waals surface area contributed by atoms with Gasteiger partial charge in [-0.25, -0.2) is 4.68 Å². The molecule has 0 spiro atoms. The first-order valence-corrected chi connectivity index (χ1v) is 5.88. The van der Waals surface area contributed by atoms with Crippen LogP contribution in [0.25, 0.3) is 5.69 Å². The van der Waals surface area contributed by atoms with Crippen LogP contribution >= 0.6 is 0 Å². The van der Waals surface area contributed by atoms with Crippen molar-refractivity contribution in [2.45, 2.75) is 18.6 Å². The van der Waals surface area contributed by atoms with E-state index < -0.39 is 12.2 Å². The van der Waals surface area contributed by atoms with Gasteiger partial charge in [0.15, 0.2) is 0 Å². The van der Waals surface area contributed by atoms with Crippen molar-refractivity contribution in [3.05, 3.63) is 48.3 Å². The summed E-state index contributed by atoms with van der Waals surface area (Å²) in [6, 6.07) is 9.58. The molecule has 0 aliphatic heterocycles. The highest BCUT2D eigenvalue weighted by Crippen LogP contribution is 2.19. The summed E-state index contributed by atoms with van der Waals surface area (Å²) in [6.07, 6.45) is 1.81. The zero-order valence-corrected chi connectivity index (χ0v) is 9.98. The zero-order valence-electron chi connectivity index (χ0n) is 9.98. The molecule has 0 bridgehead atoms. The van der Waals surface area contributed by atoms with Gasteiger partial charge >= 0.3 is 0 Å². The second-order valence-corrected chi connectivity index (χ2v) is 4.14. The van der Waals surface area contributed by atoms with Crippen LogP contribution in [-0.2, 0) is 0 Å². The molecule has 2 atom stereocenters. The van der Waals surface area contributed by atoms with Gasteiger partial charge in [0.05, 0.1) is 18.0 Å². The van der Waals surface area contributed by atoms with E-state index in [1.54, 1.807) is 17.1 Å². The Morgan fingerprint density at radius 3 is 2.61 bits per heavy atom. The number of hydrogen-bond acceptors (Lipinski definition) is 4. The fourth-order valence-electron chi connectivity index (χ4n) is 1.76. The Morgan fingerprint density at radius 1 is 1.22 bits per heavy atom. The summed E-state index contributed by atoms with van der Waals surface area (Å²) in [5.74, 6) is 0. The van der Waals surface area contributed by atoms with E-state index in [2.05, 4.69) is 5.10 Å². The van der Waals surface area contributed by atoms with Crippen molar-refractivity contribution in [3.63, 3.8) is 0 Å². The van der Waals surface area contributed by atoms with Crippen molar-refractivity contribution in [2.75, 3.05) is 6.54 Å². The van der Waals surface area contributed by atoms with Crippen LogP contribution in [0.4, 0.5) is 0 Å². The van der Waals surface area contributed by atoms with Crippen molar-refractivity contribution in [1.29, 1.82) is 0 Å². The third-order valence-electron chi connectivity index (χ3n) is 2.79. The number of aliphatic hydroxyl groups excluding tert-OH is 2. The maximum absolute atomic E-state index is 9.92. The summed E-state index contributed by atoms with van der Waals surface area (Å²) >= 11 is 0. The van der Waals surface area contributed by atoms with Gasteiger partial charge < -0.3 is 15.9 Å². The molecule has 2 rings (SSSR count). The van der Waals surface area contributed by atoms with Crippen LogP contribution in [0.1, 0.15) is 18.1 Å². The lowest BCUT2D eigenvalue weighted by Gasteiger charge is -2.15. The zero-order chi connectivity index (χ0) is 13.0. The number of hydrogen-bond donors (Lipinski definition) is 3. The molecule has 1 heterocycles. The average molecular weight is 247 g/mol. The lowest BCUT2D eigenvalue weighted by molar-refractivity contribution is 0.0150. The first-order valence-electron chi connectivity index (χ1n) is 5.88. The van der Waals surface area contributed by atoms with Crippen molar-refractivity contribution in [3.8, 4) is 5.69 Å². The largest absolute Gasteiger partial charge is 0.390 e. The summed E-state index contributed by atoms with van der Waals surface area (Å²) in [6.45, 7) is 0.338. The molecule has 0 fully saturated rings. The molecule has 0 radical (unpaired) electrons. The summed E-state index contributed by atoms with van der Waals surface area (Å²) in [5.41, 5.74) is 6.84. The molecule has 4 N–H and O–H groups in total. The molecule has 18 heavy (non-hydrogen) atoms. The van der Waals surface area contributed by atoms with Crippen LogP contribution in [-0.4, -0.2) is 32.6 Å². The molecule has 0 saturated heterocycles. The van der Waals surface area contributed by atoms with E-state index >= 15 is 0 Å². The highest BCUT2D eigenvalue weighted by Gasteiger charge is 2.19. The maximum atomic E-state index is 9.92. The van der Waals surface area contributed by atoms with Gasteiger partial charge in [0, 0.05) is 11.8 Å². The average Bonchev–Trinajstić information content (AvgIpc) is 2.89. The van der Waals surface area contributed by atoms with Crippen LogP contribution in [0.3, 0.4) is 0 Å². The number of aliphatic hydroxyl groups is 2. The predicted octanol–water partition coefficient (Wildman–Crippen LogP) is 0.615. The Kier molecular flexibility index (Phi) is 4.09. The molecule has 5 heteroatoms. The monoisotopic (exact) mass is 247 g/mol. The van der Waals surface area contributed by atoms with Crippen molar-refractivity contribution < 1.29 is 10.2 Å². The Bertz CT molecular complexity index is 484. The second kappa shape index (κ2) is 5.77. The van der Waals surface area contributed by atoms with Crippen molar-refractivity contribution in [2.24, 2.45) is 5.73 Å². The quantitative estimate of drug-likeness (QED) is 0.723. The van der Waals surface area contributed by atoms with Gasteiger partial charge in [-0.05, 0) is 25.1 Å². The molecule has 0 saturated carbocycles. The molecule has 0 aliphatic rings. The van der Waals surface area contributed by atoms with Crippen LogP contribution in [0, 0.1) is 0 Å². The molecule has 1 aromatic heterocycles. The number of aromatic nitrogens is 2. The van der Waals surface area contributed by atoms with E-state index in [-0.39, 0.29) is 0 Å². The Morgan fingerprint density at radius 2 is 1.94 bits per heavy atom. The van der Waals surface area contributed by atoms with E-state index in [9.17, 15) is 10.2 Å². The van der Waals surface area contributed by atoms with Crippen LogP contribution in [0.15, 0.2) is 42.7 Å². The van der Waals surface area contributed by atoms with Crippen LogP contribution in [0.2, 0.25) is 0 Å². The van der Waals surface area contributed by atoms with Gasteiger partial charge in [0.1, 0.15) is 6.10 Å². The van der Waals surface area contributed by atoms with E-state index in [1.165, 1.54) is 0 Å². The lowest BCUT2D eigenvalue weighted by atomic mass is 10.1. The van der Waals surface area contributed by atoms with Gasteiger partial charge in [-0.3, -0.25) is 0 Å². The summed E-state index contributed by atoms with van der Waals surface area (Å²) in [7, 11) is 0. The highest BCUT2D eigenvalue weighted by atomic mass is 16.3. The molecule has 1 aromatic carbocycles. The number of para-hydroxylation sites is 1. The van der Waals surface area contributed by atoms with Gasteiger partial charge in [0.25, 0.3) is 0 Å². The van der Waals surface area contributed by atoms with Gasteiger partial charge in [-0.2, -0.15) is 5.10 Å². The second-order valence-electron chi connectivity index (χ2n) is 4.14. The number of rotatable bonds is 5. The topological polar surface area (TPSA) is 84.3 Å². The fourth-order valence-corrected chi connectivity index (χ4v) is 1.76. The van der Waals surface area contributed by atoms with Crippen LogP contribution < -0.4 is 5.73 Å². The fraction of sp³-hybridized carbons (Fsp3) is 0.308. The first-order chi connectivity index (χ1) is 8.72. The molecular formula is C13H17N3O2. The van der Waals surface area contributed by atoms with Crippen molar-refractivity contribution in [1.82, 2.24) is 9.78 Å². The predicted molar refractivity (Wildman–Crippen MR) is 68.2 cm³/mol. The third kappa shape index (κ3) is 2.76. The summed E-state index contributed by atoms with van der Waals surface area (Å²) in [5, 5.41) is 23.8. The first kappa shape index (κ1) is 12.8. The minimum absolute atomic E-state index is 0.338. The molecule has 2 aromatic rings. The number of benzene rings is 1. The standard InChI is InChI=1S/C13H17N3O2/c14-7-6-12(17)13(18)10-8-15-16(9-10)11-4-2-1-3-5-11/h1-5,8-9,12-13,17-18H,6-7,14H2.